The molecule has 0 aliphatic heterocycles. The number of ether oxygens (including phenoxy) is 2. The zero-order chi connectivity index (χ0) is 21.4. The van der Waals surface area contributed by atoms with Crippen LogP contribution in [0.3, 0.4) is 0 Å². The molecule has 1 amide bonds. The number of hydrogen-bond donors (Lipinski definition) is 1. The average molecular weight is 410 g/mol. The monoisotopic (exact) mass is 409 g/mol. The van der Waals surface area contributed by atoms with Crippen molar-refractivity contribution in [3.8, 4) is 23.6 Å². The SMILES string of the molecule is CCOc1cc(/C=C(\C#N)C(=O)Nc2cc(C)ccc2C)cc(Cl)c1OCC#N. The quantitative estimate of drug-likeness (QED) is 0.523. The number of nitriles is 2. The number of amides is 1. The molecule has 2 aromatic rings. The van der Waals surface area contributed by atoms with E-state index in [1.165, 1.54) is 6.08 Å². The molecule has 1 N–H and O–H groups in total. The molecule has 0 radical (unpaired) electrons. The summed E-state index contributed by atoms with van der Waals surface area (Å²) in [6.07, 6.45) is 1.42. The lowest BCUT2D eigenvalue weighted by atomic mass is 10.1. The second-order valence-corrected chi connectivity index (χ2v) is 6.56. The van der Waals surface area contributed by atoms with Crippen LogP contribution in [0.5, 0.6) is 11.5 Å². The maximum atomic E-state index is 12.6. The zero-order valence-corrected chi connectivity index (χ0v) is 17.1. The largest absolute Gasteiger partial charge is 0.490 e. The smallest absolute Gasteiger partial charge is 0.266 e. The van der Waals surface area contributed by atoms with Gasteiger partial charge in [-0.3, -0.25) is 4.79 Å². The van der Waals surface area contributed by atoms with Crippen molar-refractivity contribution in [2.24, 2.45) is 0 Å². The summed E-state index contributed by atoms with van der Waals surface area (Å²) >= 11 is 6.25. The number of carbonyl (C=O) groups excluding carboxylic acids is 1. The first-order valence-corrected chi connectivity index (χ1v) is 9.23. The van der Waals surface area contributed by atoms with Gasteiger partial charge in [-0.25, -0.2) is 0 Å². The van der Waals surface area contributed by atoms with Crippen molar-refractivity contribution >= 4 is 29.3 Å². The van der Waals surface area contributed by atoms with Crippen molar-refractivity contribution in [3.05, 3.63) is 57.6 Å². The van der Waals surface area contributed by atoms with Gasteiger partial charge in [-0.1, -0.05) is 23.7 Å². The fourth-order valence-corrected chi connectivity index (χ4v) is 2.83. The average Bonchev–Trinajstić information content (AvgIpc) is 2.68. The van der Waals surface area contributed by atoms with Crippen LogP contribution in [0.25, 0.3) is 6.08 Å². The van der Waals surface area contributed by atoms with Crippen molar-refractivity contribution < 1.29 is 14.3 Å². The van der Waals surface area contributed by atoms with Crippen LogP contribution in [-0.2, 0) is 4.79 Å². The molecule has 0 unspecified atom stereocenters. The summed E-state index contributed by atoms with van der Waals surface area (Å²) in [5.74, 6) is 0.0411. The van der Waals surface area contributed by atoms with E-state index in [4.69, 9.17) is 26.3 Å². The van der Waals surface area contributed by atoms with Crippen molar-refractivity contribution in [2.75, 3.05) is 18.5 Å². The standard InChI is InChI=1S/C22H20ClN3O3/c1-4-28-20-12-16(11-18(23)21(20)29-8-7-24)10-17(13-25)22(27)26-19-9-14(2)5-6-15(19)3/h5-6,9-12H,4,8H2,1-3H3,(H,26,27)/b17-10+. The van der Waals surface area contributed by atoms with Crippen LogP contribution in [0.4, 0.5) is 5.69 Å². The highest BCUT2D eigenvalue weighted by atomic mass is 35.5. The number of anilines is 1. The van der Waals surface area contributed by atoms with E-state index in [1.54, 1.807) is 19.1 Å². The topological polar surface area (TPSA) is 95.1 Å². The second-order valence-electron chi connectivity index (χ2n) is 6.15. The number of hydrogen-bond acceptors (Lipinski definition) is 5. The summed E-state index contributed by atoms with van der Waals surface area (Å²) in [4.78, 5) is 12.6. The molecule has 0 bridgehead atoms. The van der Waals surface area contributed by atoms with E-state index in [1.807, 2.05) is 44.2 Å². The van der Waals surface area contributed by atoms with Gasteiger partial charge in [0.25, 0.3) is 5.91 Å². The summed E-state index contributed by atoms with van der Waals surface area (Å²) in [5.41, 5.74) is 2.94. The normalized spacial score (nSPS) is 10.6. The van der Waals surface area contributed by atoms with Crippen molar-refractivity contribution in [3.63, 3.8) is 0 Å². The van der Waals surface area contributed by atoms with Crippen molar-refractivity contribution in [1.82, 2.24) is 0 Å². The van der Waals surface area contributed by atoms with Gasteiger partial charge >= 0.3 is 0 Å². The molecule has 0 saturated heterocycles. The van der Waals surface area contributed by atoms with Crippen LogP contribution in [0.2, 0.25) is 5.02 Å². The van der Waals surface area contributed by atoms with E-state index in [0.29, 0.717) is 23.6 Å². The molecule has 0 aliphatic carbocycles. The summed E-state index contributed by atoms with van der Waals surface area (Å²) < 4.78 is 10.8. The number of nitrogens with zero attached hydrogens (tertiary/aromatic N) is 2. The highest BCUT2D eigenvalue weighted by Crippen LogP contribution is 2.37. The Morgan fingerprint density at radius 2 is 1.97 bits per heavy atom. The van der Waals surface area contributed by atoms with Gasteiger partial charge in [0.2, 0.25) is 0 Å². The third kappa shape index (κ3) is 5.75. The lowest BCUT2D eigenvalue weighted by Crippen LogP contribution is -2.14. The fourth-order valence-electron chi connectivity index (χ4n) is 2.55. The van der Waals surface area contributed by atoms with Gasteiger partial charge in [0.15, 0.2) is 18.1 Å². The Balaban J connectivity index is 2.36. The molecule has 0 fully saturated rings. The minimum atomic E-state index is -0.528. The summed E-state index contributed by atoms with van der Waals surface area (Å²) in [7, 11) is 0. The molecule has 7 heteroatoms. The molecule has 0 heterocycles. The predicted molar refractivity (Wildman–Crippen MR) is 112 cm³/mol. The number of benzene rings is 2. The summed E-state index contributed by atoms with van der Waals surface area (Å²) in [5, 5.41) is 21.2. The van der Waals surface area contributed by atoms with Gasteiger partial charge in [0.1, 0.15) is 17.7 Å². The lowest BCUT2D eigenvalue weighted by Gasteiger charge is -2.13. The molecule has 6 nitrogen and oxygen atoms in total. The van der Waals surface area contributed by atoms with E-state index in [2.05, 4.69) is 5.32 Å². The van der Waals surface area contributed by atoms with Crippen LogP contribution in [-0.4, -0.2) is 19.1 Å². The van der Waals surface area contributed by atoms with Crippen LogP contribution in [0, 0.1) is 36.5 Å². The highest BCUT2D eigenvalue weighted by molar-refractivity contribution is 6.32. The number of halogens is 1. The van der Waals surface area contributed by atoms with E-state index < -0.39 is 5.91 Å². The molecule has 0 atom stereocenters. The van der Waals surface area contributed by atoms with Crippen molar-refractivity contribution in [1.29, 1.82) is 10.5 Å². The molecule has 0 aliphatic rings. The number of carbonyl (C=O) groups is 1. The summed E-state index contributed by atoms with van der Waals surface area (Å²) in [6, 6.07) is 12.6. The van der Waals surface area contributed by atoms with Gasteiger partial charge in [0, 0.05) is 5.69 Å². The van der Waals surface area contributed by atoms with E-state index in [9.17, 15) is 10.1 Å². The maximum Gasteiger partial charge on any atom is 0.266 e. The fraction of sp³-hybridized carbons (Fsp3) is 0.227. The Bertz CT molecular complexity index is 1030. The Hall–Kier alpha value is -3.48. The molecule has 2 rings (SSSR count). The molecule has 29 heavy (non-hydrogen) atoms. The molecule has 0 aromatic heterocycles. The minimum absolute atomic E-state index is 0.0879. The van der Waals surface area contributed by atoms with E-state index in [-0.39, 0.29) is 23.0 Å². The van der Waals surface area contributed by atoms with Gasteiger partial charge in [-0.2, -0.15) is 10.5 Å². The maximum absolute atomic E-state index is 12.6. The van der Waals surface area contributed by atoms with Crippen LogP contribution in [0.1, 0.15) is 23.6 Å². The molecule has 2 aromatic carbocycles. The van der Waals surface area contributed by atoms with Gasteiger partial charge < -0.3 is 14.8 Å². The third-order valence-corrected chi connectivity index (χ3v) is 4.21. The van der Waals surface area contributed by atoms with Crippen LogP contribution >= 0.6 is 11.6 Å². The van der Waals surface area contributed by atoms with Crippen molar-refractivity contribution in [2.45, 2.75) is 20.8 Å². The molecular formula is C22H20ClN3O3. The Morgan fingerprint density at radius 1 is 1.21 bits per heavy atom. The Kier molecular flexibility index (Phi) is 7.65. The van der Waals surface area contributed by atoms with E-state index in [0.717, 1.165) is 11.1 Å². The first-order valence-electron chi connectivity index (χ1n) is 8.86. The zero-order valence-electron chi connectivity index (χ0n) is 16.4. The highest BCUT2D eigenvalue weighted by Gasteiger charge is 2.15. The summed E-state index contributed by atoms with van der Waals surface area (Å²) in [6.45, 7) is 5.76. The Labute approximate surface area is 174 Å². The Morgan fingerprint density at radius 3 is 2.62 bits per heavy atom. The first-order chi connectivity index (χ1) is 13.9. The molecular weight excluding hydrogens is 390 g/mol. The number of nitrogens with one attached hydrogen (secondary N) is 1. The third-order valence-electron chi connectivity index (χ3n) is 3.93. The van der Waals surface area contributed by atoms with Crippen LogP contribution in [0.15, 0.2) is 35.9 Å². The van der Waals surface area contributed by atoms with Gasteiger partial charge in [-0.05, 0) is 61.7 Å². The predicted octanol–water partition coefficient (Wildman–Crippen LogP) is 4.80. The lowest BCUT2D eigenvalue weighted by molar-refractivity contribution is -0.112. The first kappa shape index (κ1) is 21.8. The molecule has 0 saturated carbocycles. The molecule has 148 valence electrons. The minimum Gasteiger partial charge on any atom is -0.490 e. The van der Waals surface area contributed by atoms with Crippen LogP contribution < -0.4 is 14.8 Å². The molecule has 0 spiro atoms. The van der Waals surface area contributed by atoms with Gasteiger partial charge in [0.05, 0.1) is 11.6 Å². The van der Waals surface area contributed by atoms with E-state index >= 15 is 0 Å². The number of aryl methyl sites for hydroxylation is 2. The van der Waals surface area contributed by atoms with Gasteiger partial charge in [-0.15, -0.1) is 0 Å². The number of rotatable bonds is 7. The second kappa shape index (κ2) is 10.2.